The molecule has 4 rings (SSSR count). The maximum atomic E-state index is 13.9. The Morgan fingerprint density at radius 2 is 1.59 bits per heavy atom. The molecule has 2 aromatic rings. The number of nitrogens with two attached hydrogens (primary N) is 1. The zero-order valence-electron chi connectivity index (χ0n) is 25.6. The zero-order valence-corrected chi connectivity index (χ0v) is 25.6. The predicted octanol–water partition coefficient (Wildman–Crippen LogP) is 2.67. The molecule has 236 valence electrons. The Labute approximate surface area is 259 Å². The highest BCUT2D eigenvalue weighted by atomic mass is 16.2. The minimum atomic E-state index is -0.982. The van der Waals surface area contributed by atoms with Crippen molar-refractivity contribution in [1.29, 1.82) is 0 Å². The van der Waals surface area contributed by atoms with Gasteiger partial charge in [-0.25, -0.2) is 0 Å². The Bertz CT molecular complexity index is 1300. The van der Waals surface area contributed by atoms with Crippen molar-refractivity contribution in [2.45, 2.75) is 108 Å². The van der Waals surface area contributed by atoms with E-state index < -0.39 is 35.8 Å². The maximum absolute atomic E-state index is 13.9. The standard InChI is InChI=1S/C34H45N5O5/c1-2-23-12-14-24(15-13-23)16-21-31(41)37-28-11-7-6-10-26-17-19-29(39(26)34(28)44)33(43)38-27(18-20-30(35)40)32(42)36-22-25-8-4-3-5-9-25/h3-5,8-9,12-15,26-29H,2,6-7,10-11,16-22H2,1H3,(H2,35,40)(H,36,42)(H,37,41)(H,38,43)/t26-,27-,28-,29-/m0/s1. The van der Waals surface area contributed by atoms with Crippen LogP contribution >= 0.6 is 0 Å². The molecule has 0 aromatic heterocycles. The van der Waals surface area contributed by atoms with Crippen LogP contribution in [0.25, 0.3) is 0 Å². The van der Waals surface area contributed by atoms with Crippen molar-refractivity contribution in [3.8, 4) is 0 Å². The van der Waals surface area contributed by atoms with E-state index in [4.69, 9.17) is 5.73 Å². The summed E-state index contributed by atoms with van der Waals surface area (Å²) in [5.74, 6) is -1.88. The number of hydrogen-bond donors (Lipinski definition) is 4. The largest absolute Gasteiger partial charge is 0.370 e. The summed E-state index contributed by atoms with van der Waals surface area (Å²) < 4.78 is 0. The minimum Gasteiger partial charge on any atom is -0.370 e. The third-order valence-electron chi connectivity index (χ3n) is 8.67. The first-order valence-electron chi connectivity index (χ1n) is 15.8. The number of rotatable bonds is 13. The highest BCUT2D eigenvalue weighted by Crippen LogP contribution is 2.31. The van der Waals surface area contributed by atoms with Crippen LogP contribution in [0.2, 0.25) is 0 Å². The average Bonchev–Trinajstić information content (AvgIpc) is 3.45. The second kappa shape index (κ2) is 16.0. The SMILES string of the molecule is CCc1ccc(CCC(=O)N[C@H]2CCCC[C@H]3CC[C@@H](C(=O)N[C@@H](CCC(N)=O)C(=O)NCc4ccccc4)N3C2=O)cc1. The second-order valence-corrected chi connectivity index (χ2v) is 11.8. The monoisotopic (exact) mass is 603 g/mol. The first-order chi connectivity index (χ1) is 21.2. The number of hydrogen-bond acceptors (Lipinski definition) is 5. The summed E-state index contributed by atoms with van der Waals surface area (Å²) in [6.07, 6.45) is 5.90. The summed E-state index contributed by atoms with van der Waals surface area (Å²) >= 11 is 0. The van der Waals surface area contributed by atoms with Gasteiger partial charge in [0.05, 0.1) is 0 Å². The molecule has 0 saturated carbocycles. The van der Waals surface area contributed by atoms with Crippen molar-refractivity contribution in [3.63, 3.8) is 0 Å². The van der Waals surface area contributed by atoms with Crippen LogP contribution in [0, 0.1) is 0 Å². The molecule has 0 spiro atoms. The Balaban J connectivity index is 1.39. The van der Waals surface area contributed by atoms with Gasteiger partial charge in [-0.1, -0.05) is 74.4 Å². The number of primary amides is 1. The zero-order chi connectivity index (χ0) is 31.5. The van der Waals surface area contributed by atoms with Crippen LogP contribution < -0.4 is 21.7 Å². The van der Waals surface area contributed by atoms with E-state index in [1.165, 1.54) is 5.56 Å². The molecule has 2 aliphatic heterocycles. The van der Waals surface area contributed by atoms with Crippen LogP contribution in [0.1, 0.15) is 81.4 Å². The average molecular weight is 604 g/mol. The van der Waals surface area contributed by atoms with Crippen molar-refractivity contribution in [2.24, 2.45) is 5.73 Å². The molecular weight excluding hydrogens is 558 g/mol. The minimum absolute atomic E-state index is 0.0473. The van der Waals surface area contributed by atoms with E-state index in [2.05, 4.69) is 35.0 Å². The van der Waals surface area contributed by atoms with Crippen LogP contribution in [0.15, 0.2) is 54.6 Å². The van der Waals surface area contributed by atoms with Crippen LogP contribution in [0.4, 0.5) is 0 Å². The van der Waals surface area contributed by atoms with Gasteiger partial charge in [-0.05, 0) is 61.6 Å². The van der Waals surface area contributed by atoms with E-state index >= 15 is 0 Å². The van der Waals surface area contributed by atoms with Gasteiger partial charge in [0.2, 0.25) is 29.5 Å². The summed E-state index contributed by atoms with van der Waals surface area (Å²) in [7, 11) is 0. The van der Waals surface area contributed by atoms with E-state index in [9.17, 15) is 24.0 Å². The van der Waals surface area contributed by atoms with Crippen LogP contribution in [0.5, 0.6) is 0 Å². The van der Waals surface area contributed by atoms with Crippen molar-refractivity contribution in [3.05, 3.63) is 71.3 Å². The predicted molar refractivity (Wildman–Crippen MR) is 167 cm³/mol. The van der Waals surface area contributed by atoms with E-state index in [1.54, 1.807) is 4.90 Å². The molecule has 10 nitrogen and oxygen atoms in total. The molecule has 2 saturated heterocycles. The first kappa shape index (κ1) is 32.7. The van der Waals surface area contributed by atoms with E-state index in [0.717, 1.165) is 36.8 Å². The van der Waals surface area contributed by atoms with Gasteiger partial charge in [0.25, 0.3) is 0 Å². The number of benzene rings is 2. The van der Waals surface area contributed by atoms with Crippen molar-refractivity contribution in [2.75, 3.05) is 0 Å². The Hall–Kier alpha value is -4.21. The number of amides is 5. The molecule has 4 atom stereocenters. The number of fused-ring (bicyclic) bond motifs is 1. The molecule has 2 heterocycles. The van der Waals surface area contributed by atoms with Gasteiger partial charge in [-0.15, -0.1) is 0 Å². The number of carbonyl (C=O) groups is 5. The van der Waals surface area contributed by atoms with Crippen LogP contribution in [0.3, 0.4) is 0 Å². The molecule has 2 aromatic carbocycles. The molecule has 0 aliphatic carbocycles. The fraction of sp³-hybridized carbons (Fsp3) is 0.500. The maximum Gasteiger partial charge on any atom is 0.246 e. The van der Waals surface area contributed by atoms with Gasteiger partial charge in [0, 0.05) is 25.4 Å². The van der Waals surface area contributed by atoms with Gasteiger partial charge >= 0.3 is 0 Å². The lowest BCUT2D eigenvalue weighted by atomic mass is 9.98. The van der Waals surface area contributed by atoms with Gasteiger partial charge in [0.1, 0.15) is 18.1 Å². The number of nitrogens with zero attached hydrogens (tertiary/aromatic N) is 1. The Morgan fingerprint density at radius 1 is 0.886 bits per heavy atom. The van der Waals surface area contributed by atoms with Gasteiger partial charge < -0.3 is 26.6 Å². The van der Waals surface area contributed by atoms with Crippen molar-refractivity contribution >= 4 is 29.5 Å². The molecule has 5 N–H and O–H groups in total. The van der Waals surface area contributed by atoms with E-state index in [-0.39, 0.29) is 43.7 Å². The normalized spacial score (nSPS) is 20.5. The highest BCUT2D eigenvalue weighted by molar-refractivity contribution is 5.95. The number of nitrogens with one attached hydrogen (secondary N) is 3. The van der Waals surface area contributed by atoms with Gasteiger partial charge in [0.15, 0.2) is 0 Å². The summed E-state index contributed by atoms with van der Waals surface area (Å²) in [6, 6.07) is 15.0. The van der Waals surface area contributed by atoms with E-state index in [0.29, 0.717) is 25.7 Å². The Morgan fingerprint density at radius 3 is 2.30 bits per heavy atom. The summed E-state index contributed by atoms with van der Waals surface area (Å²) in [6.45, 7) is 2.37. The lowest BCUT2D eigenvalue weighted by molar-refractivity contribution is -0.144. The molecule has 10 heteroatoms. The molecule has 2 aliphatic rings. The second-order valence-electron chi connectivity index (χ2n) is 11.8. The van der Waals surface area contributed by atoms with Gasteiger partial charge in [-0.2, -0.15) is 0 Å². The topological polar surface area (TPSA) is 151 Å². The fourth-order valence-electron chi connectivity index (χ4n) is 6.12. The number of aryl methyl sites for hydroxylation is 2. The molecule has 44 heavy (non-hydrogen) atoms. The molecule has 2 fully saturated rings. The fourth-order valence-corrected chi connectivity index (χ4v) is 6.12. The molecule has 0 radical (unpaired) electrons. The summed E-state index contributed by atoms with van der Waals surface area (Å²) in [5.41, 5.74) is 8.55. The molecule has 5 amide bonds. The molecule has 0 bridgehead atoms. The highest BCUT2D eigenvalue weighted by Gasteiger charge is 2.44. The lowest BCUT2D eigenvalue weighted by Gasteiger charge is -2.35. The van der Waals surface area contributed by atoms with Crippen molar-refractivity contribution in [1.82, 2.24) is 20.9 Å². The summed E-state index contributed by atoms with van der Waals surface area (Å²) in [4.78, 5) is 66.7. The number of carbonyl (C=O) groups excluding carboxylic acids is 5. The quantitative estimate of drug-likeness (QED) is 0.278. The molecule has 0 unspecified atom stereocenters. The van der Waals surface area contributed by atoms with Crippen molar-refractivity contribution < 1.29 is 24.0 Å². The first-order valence-corrected chi connectivity index (χ1v) is 15.8. The van der Waals surface area contributed by atoms with Gasteiger partial charge in [-0.3, -0.25) is 24.0 Å². The van der Waals surface area contributed by atoms with E-state index in [1.807, 2.05) is 42.5 Å². The van der Waals surface area contributed by atoms with Crippen LogP contribution in [-0.2, 0) is 43.4 Å². The summed E-state index contributed by atoms with van der Waals surface area (Å²) in [5, 5.41) is 8.58. The Kier molecular flexibility index (Phi) is 11.9. The third kappa shape index (κ3) is 9.14. The van der Waals surface area contributed by atoms with Crippen LogP contribution in [-0.4, -0.2) is 58.6 Å². The third-order valence-corrected chi connectivity index (χ3v) is 8.67. The lowest BCUT2D eigenvalue weighted by Crippen LogP contribution is -2.58. The smallest absolute Gasteiger partial charge is 0.246 e. The molecular formula is C34H45N5O5.